The lowest BCUT2D eigenvalue weighted by atomic mass is 9.98. The average molecular weight is 414 g/mol. The van der Waals surface area contributed by atoms with Crippen LogP contribution in [-0.2, 0) is 21.2 Å². The Balaban J connectivity index is 2.25. The first kappa shape index (κ1) is 20.5. The van der Waals surface area contributed by atoms with Crippen LogP contribution in [0.15, 0.2) is 28.6 Å². The van der Waals surface area contributed by atoms with Gasteiger partial charge in [-0.25, -0.2) is 22.6 Å². The average Bonchev–Trinajstić information content (AvgIpc) is 3.03. The van der Waals surface area contributed by atoms with Crippen LogP contribution in [0.5, 0.6) is 0 Å². The highest BCUT2D eigenvalue weighted by Gasteiger charge is 2.23. The fourth-order valence-corrected chi connectivity index (χ4v) is 4.01. The third-order valence-corrected chi connectivity index (χ3v) is 5.86. The maximum absolute atomic E-state index is 14.3. The molecule has 1 aromatic carbocycles. The smallest absolute Gasteiger partial charge is 0.357 e. The van der Waals surface area contributed by atoms with Crippen molar-refractivity contribution in [2.24, 2.45) is 11.7 Å². The quantitative estimate of drug-likeness (QED) is 0.375. The summed E-state index contributed by atoms with van der Waals surface area (Å²) in [5.41, 5.74) is 5.89. The van der Waals surface area contributed by atoms with Gasteiger partial charge >= 0.3 is 5.97 Å². The highest BCUT2D eigenvalue weighted by molar-refractivity contribution is 7.93. The van der Waals surface area contributed by atoms with Crippen molar-refractivity contribution in [3.05, 3.63) is 40.8 Å². The van der Waals surface area contributed by atoms with E-state index in [1.54, 1.807) is 0 Å². The van der Waals surface area contributed by atoms with Crippen LogP contribution < -0.4 is 10.5 Å². The van der Waals surface area contributed by atoms with E-state index in [4.69, 9.17) is 16.2 Å². The summed E-state index contributed by atoms with van der Waals surface area (Å²) in [4.78, 5) is 26.0. The lowest BCUT2D eigenvalue weighted by molar-refractivity contribution is -0.120. The molecule has 0 aliphatic carbocycles. The van der Waals surface area contributed by atoms with Crippen molar-refractivity contribution in [1.82, 2.24) is 4.98 Å². The summed E-state index contributed by atoms with van der Waals surface area (Å²) >= 11 is 0.769. The summed E-state index contributed by atoms with van der Waals surface area (Å²) in [6.45, 7) is 1.42. The zero-order valence-corrected chi connectivity index (χ0v) is 15.5. The molecule has 0 fully saturated rings. The number of carboxylic acids is 1. The fraction of sp³-hybridized carbons (Fsp3) is 0.200. The van der Waals surface area contributed by atoms with Crippen molar-refractivity contribution < 1.29 is 27.5 Å². The third-order valence-electron chi connectivity index (χ3n) is 3.65. The van der Waals surface area contributed by atoms with Crippen LogP contribution >= 0.6 is 11.3 Å². The van der Waals surface area contributed by atoms with Gasteiger partial charge in [0, 0.05) is 6.42 Å². The van der Waals surface area contributed by atoms with E-state index in [1.165, 1.54) is 6.92 Å². The number of benzene rings is 1. The van der Waals surface area contributed by atoms with Gasteiger partial charge in [0.05, 0.1) is 16.3 Å². The molecule has 0 aliphatic heterocycles. The summed E-state index contributed by atoms with van der Waals surface area (Å²) in [6.07, 6.45) is -0.349. The number of carbonyl (C=O) groups excluding carboxylic acids is 1. The molecule has 144 valence electrons. The number of Topliss-reactive ketones (excluding diaryl/α,β-unsaturated/α-hetero) is 1. The van der Waals surface area contributed by atoms with E-state index in [0.717, 1.165) is 35.0 Å². The molecule has 0 saturated carbocycles. The Morgan fingerprint density at radius 1 is 1.44 bits per heavy atom. The molecule has 0 radical (unpaired) electrons. The molecule has 9 nitrogen and oxygen atoms in total. The van der Waals surface area contributed by atoms with Crippen molar-refractivity contribution in [2.45, 2.75) is 18.2 Å². The van der Waals surface area contributed by atoms with E-state index < -0.39 is 44.1 Å². The van der Waals surface area contributed by atoms with Gasteiger partial charge in [-0.05, 0) is 24.6 Å². The monoisotopic (exact) mass is 414 g/mol. The van der Waals surface area contributed by atoms with Gasteiger partial charge < -0.3 is 10.8 Å². The molecule has 0 spiro atoms. The molecule has 1 atom stereocenters. The summed E-state index contributed by atoms with van der Waals surface area (Å²) in [5, 5.41) is 16.0. The standard InChI is InChI=1S/C15H15FN4O5S2/c1-7(13(17)18)11(21)4-8-2-3-9(5-10(8)16)27(24,25)20-14-12(15(22)23)19-6-26-14/h2-3,5-7,20H,4H2,1H3,(H3,17,18)(H,22,23). The molecule has 2 aromatic rings. The van der Waals surface area contributed by atoms with Gasteiger partial charge in [0.1, 0.15) is 22.4 Å². The Bertz CT molecular complexity index is 1020. The fourth-order valence-electron chi connectivity index (χ4n) is 2.00. The predicted octanol–water partition coefficient (Wildman–Crippen LogP) is 1.46. The molecule has 1 unspecified atom stereocenters. The molecular formula is C15H15FN4O5S2. The van der Waals surface area contributed by atoms with Gasteiger partial charge in [0.2, 0.25) is 0 Å². The van der Waals surface area contributed by atoms with Crippen molar-refractivity contribution >= 4 is 43.9 Å². The zero-order valence-electron chi connectivity index (χ0n) is 13.9. The molecule has 0 saturated heterocycles. The number of hydrogen-bond donors (Lipinski definition) is 4. The maximum Gasteiger partial charge on any atom is 0.357 e. The first-order valence-corrected chi connectivity index (χ1v) is 9.74. The number of hydrogen-bond acceptors (Lipinski definition) is 7. The first-order valence-electron chi connectivity index (χ1n) is 7.37. The second-order valence-electron chi connectivity index (χ2n) is 5.51. The summed E-state index contributed by atoms with van der Waals surface area (Å²) in [5.74, 6) is -4.04. The second-order valence-corrected chi connectivity index (χ2v) is 8.05. The number of carboxylic acid groups (broad SMARTS) is 1. The Morgan fingerprint density at radius 3 is 2.67 bits per heavy atom. The third kappa shape index (κ3) is 4.65. The van der Waals surface area contributed by atoms with E-state index >= 15 is 0 Å². The number of halogens is 1. The van der Waals surface area contributed by atoms with E-state index in [-0.39, 0.29) is 22.8 Å². The molecule has 12 heteroatoms. The molecule has 27 heavy (non-hydrogen) atoms. The van der Waals surface area contributed by atoms with Crippen LogP contribution in [0.2, 0.25) is 0 Å². The zero-order chi connectivity index (χ0) is 20.4. The van der Waals surface area contributed by atoms with Crippen molar-refractivity contribution in [3.63, 3.8) is 0 Å². The van der Waals surface area contributed by atoms with E-state index in [2.05, 4.69) is 9.71 Å². The van der Waals surface area contributed by atoms with Gasteiger partial charge in [0.25, 0.3) is 10.0 Å². The number of thiazole rings is 1. The van der Waals surface area contributed by atoms with E-state index in [0.29, 0.717) is 0 Å². The molecule has 1 aromatic heterocycles. The van der Waals surface area contributed by atoms with Crippen LogP contribution in [0.25, 0.3) is 0 Å². The van der Waals surface area contributed by atoms with Crippen LogP contribution in [0.4, 0.5) is 9.39 Å². The number of anilines is 1. The number of sulfonamides is 1. The van der Waals surface area contributed by atoms with E-state index in [9.17, 15) is 22.4 Å². The van der Waals surface area contributed by atoms with Crippen LogP contribution in [0, 0.1) is 17.1 Å². The Labute approximate surface area is 157 Å². The SMILES string of the molecule is CC(C(=N)N)C(=O)Cc1ccc(S(=O)(=O)Nc2scnc2C(=O)O)cc1F. The minimum Gasteiger partial charge on any atom is -0.476 e. The number of nitrogens with zero attached hydrogens (tertiary/aromatic N) is 1. The van der Waals surface area contributed by atoms with Crippen molar-refractivity contribution in [3.8, 4) is 0 Å². The lowest BCUT2D eigenvalue weighted by Crippen LogP contribution is -2.28. The Hall–Kier alpha value is -2.86. The highest BCUT2D eigenvalue weighted by Crippen LogP contribution is 2.25. The van der Waals surface area contributed by atoms with Crippen molar-refractivity contribution in [1.29, 1.82) is 5.41 Å². The van der Waals surface area contributed by atoms with Crippen LogP contribution in [-0.4, -0.2) is 36.1 Å². The predicted molar refractivity (Wildman–Crippen MR) is 96.1 cm³/mol. The van der Waals surface area contributed by atoms with Crippen LogP contribution in [0.3, 0.4) is 0 Å². The topological polar surface area (TPSA) is 163 Å². The van der Waals surface area contributed by atoms with Gasteiger partial charge in [0.15, 0.2) is 5.69 Å². The summed E-state index contributed by atoms with van der Waals surface area (Å²) < 4.78 is 41.0. The van der Waals surface area contributed by atoms with Gasteiger partial charge in [-0.2, -0.15) is 0 Å². The number of amidine groups is 1. The minimum atomic E-state index is -4.26. The lowest BCUT2D eigenvalue weighted by Gasteiger charge is -2.11. The molecule has 5 N–H and O–H groups in total. The second kappa shape index (κ2) is 7.80. The Morgan fingerprint density at radius 2 is 2.11 bits per heavy atom. The minimum absolute atomic E-state index is 0.0453. The van der Waals surface area contributed by atoms with Crippen LogP contribution in [0.1, 0.15) is 23.0 Å². The largest absolute Gasteiger partial charge is 0.476 e. The van der Waals surface area contributed by atoms with Gasteiger partial charge in [-0.3, -0.25) is 14.9 Å². The highest BCUT2D eigenvalue weighted by atomic mass is 32.2. The molecule has 1 heterocycles. The van der Waals surface area contributed by atoms with Gasteiger partial charge in [-0.1, -0.05) is 6.07 Å². The van der Waals surface area contributed by atoms with E-state index in [1.807, 2.05) is 0 Å². The Kier molecular flexibility index (Phi) is 5.91. The molecule has 2 rings (SSSR count). The van der Waals surface area contributed by atoms with Gasteiger partial charge in [-0.15, -0.1) is 11.3 Å². The maximum atomic E-state index is 14.3. The summed E-state index contributed by atoms with van der Waals surface area (Å²) in [7, 11) is -4.26. The first-order chi connectivity index (χ1) is 12.5. The molecule has 0 amide bonds. The number of carbonyl (C=O) groups is 2. The molecule has 0 aliphatic rings. The molecular weight excluding hydrogens is 399 g/mol. The molecule has 0 bridgehead atoms. The number of aromatic carboxylic acids is 1. The summed E-state index contributed by atoms with van der Waals surface area (Å²) in [6, 6.07) is 2.96. The number of nitrogens with one attached hydrogen (secondary N) is 2. The number of aromatic nitrogens is 1. The number of ketones is 1. The normalized spacial score (nSPS) is 12.4. The number of nitrogens with two attached hydrogens (primary N) is 1. The van der Waals surface area contributed by atoms with Crippen molar-refractivity contribution in [2.75, 3.05) is 4.72 Å². The number of rotatable bonds is 8.